The highest BCUT2D eigenvalue weighted by molar-refractivity contribution is 5.86. The molecule has 0 saturated carbocycles. The van der Waals surface area contributed by atoms with E-state index >= 15 is 0 Å². The van der Waals surface area contributed by atoms with Crippen molar-refractivity contribution in [1.29, 1.82) is 0 Å². The number of amides is 2. The van der Waals surface area contributed by atoms with Crippen molar-refractivity contribution < 1.29 is 14.3 Å². The molecule has 27 heavy (non-hydrogen) atoms. The number of rotatable bonds is 5. The highest BCUT2D eigenvalue weighted by Gasteiger charge is 2.56. The third-order valence-electron chi connectivity index (χ3n) is 5.81. The Morgan fingerprint density at radius 1 is 1.44 bits per heavy atom. The topological polar surface area (TPSA) is 79.2 Å². The Morgan fingerprint density at radius 3 is 3.11 bits per heavy atom. The molecule has 2 saturated heterocycles. The molecule has 2 aliphatic heterocycles. The lowest BCUT2D eigenvalue weighted by Crippen LogP contribution is -2.48. The van der Waals surface area contributed by atoms with Crippen molar-refractivity contribution >= 4 is 17.5 Å². The van der Waals surface area contributed by atoms with Gasteiger partial charge in [-0.2, -0.15) is 0 Å². The second-order valence-electron chi connectivity index (χ2n) is 7.53. The number of hydrogen-bond donors (Lipinski definition) is 1. The summed E-state index contributed by atoms with van der Waals surface area (Å²) in [6.45, 7) is 2.94. The Labute approximate surface area is 158 Å². The van der Waals surface area contributed by atoms with Gasteiger partial charge in [0.2, 0.25) is 11.8 Å². The molecule has 0 unspecified atom stereocenters. The number of imidazole rings is 1. The Morgan fingerprint density at radius 2 is 2.30 bits per heavy atom. The average Bonchev–Trinajstić information content (AvgIpc) is 3.34. The van der Waals surface area contributed by atoms with Crippen molar-refractivity contribution in [3.05, 3.63) is 36.3 Å². The number of methoxy groups -OCH3 is 1. The van der Waals surface area contributed by atoms with E-state index in [0.29, 0.717) is 26.2 Å². The number of nitrogens with one attached hydrogen (secondary N) is 1. The normalized spacial score (nSPS) is 24.4. The maximum Gasteiger partial charge on any atom is 0.248 e. The van der Waals surface area contributed by atoms with Crippen LogP contribution < -0.4 is 5.32 Å². The van der Waals surface area contributed by atoms with E-state index in [0.717, 1.165) is 17.9 Å². The molecule has 2 amide bonds. The molecule has 2 aromatic rings. The van der Waals surface area contributed by atoms with Crippen LogP contribution in [-0.4, -0.2) is 77.9 Å². The monoisotopic (exact) mass is 371 g/mol. The van der Waals surface area contributed by atoms with Crippen molar-refractivity contribution in [1.82, 2.24) is 24.5 Å². The maximum atomic E-state index is 13.4. The first-order valence-corrected chi connectivity index (χ1v) is 9.19. The van der Waals surface area contributed by atoms with Gasteiger partial charge in [-0.25, -0.2) is 4.98 Å². The highest BCUT2D eigenvalue weighted by Crippen LogP contribution is 2.40. The first-order chi connectivity index (χ1) is 13.0. The van der Waals surface area contributed by atoms with Crippen LogP contribution in [0.25, 0.3) is 5.65 Å². The summed E-state index contributed by atoms with van der Waals surface area (Å²) in [6.07, 6.45) is 3.76. The predicted octanol–water partition coefficient (Wildman–Crippen LogP) is -0.0129. The second kappa shape index (κ2) is 6.94. The van der Waals surface area contributed by atoms with Crippen LogP contribution in [0.5, 0.6) is 0 Å². The van der Waals surface area contributed by atoms with Crippen LogP contribution in [0.4, 0.5) is 0 Å². The molecule has 1 N–H and O–H groups in total. The number of likely N-dealkylation sites (tertiary alicyclic amines) is 1. The summed E-state index contributed by atoms with van der Waals surface area (Å²) in [5.74, 6) is 0.162. The van der Waals surface area contributed by atoms with Gasteiger partial charge >= 0.3 is 0 Å². The largest absolute Gasteiger partial charge is 0.375 e. The Kier molecular flexibility index (Phi) is 4.61. The first kappa shape index (κ1) is 17.9. The summed E-state index contributed by atoms with van der Waals surface area (Å²) in [7, 11) is 3.34. The summed E-state index contributed by atoms with van der Waals surface area (Å²) in [4.78, 5) is 33.6. The van der Waals surface area contributed by atoms with Crippen molar-refractivity contribution in [2.75, 3.05) is 46.9 Å². The molecule has 4 rings (SSSR count). The van der Waals surface area contributed by atoms with E-state index in [4.69, 9.17) is 4.74 Å². The van der Waals surface area contributed by atoms with E-state index in [-0.39, 0.29) is 24.3 Å². The van der Waals surface area contributed by atoms with Gasteiger partial charge in [0.1, 0.15) is 12.3 Å². The number of pyridine rings is 1. The third-order valence-corrected chi connectivity index (χ3v) is 5.81. The van der Waals surface area contributed by atoms with Crippen LogP contribution in [0.15, 0.2) is 30.6 Å². The number of carbonyl (C=O) groups is 2. The minimum Gasteiger partial charge on any atom is -0.375 e. The van der Waals surface area contributed by atoms with Crippen LogP contribution in [0, 0.1) is 11.3 Å². The number of nitrogens with zero attached hydrogens (tertiary/aromatic N) is 4. The zero-order valence-electron chi connectivity index (χ0n) is 15.7. The van der Waals surface area contributed by atoms with Gasteiger partial charge in [0, 0.05) is 52.5 Å². The van der Waals surface area contributed by atoms with E-state index in [2.05, 4.69) is 10.3 Å². The van der Waals surface area contributed by atoms with Gasteiger partial charge in [-0.3, -0.25) is 9.59 Å². The summed E-state index contributed by atoms with van der Waals surface area (Å²) < 4.78 is 6.97. The number of ether oxygens (including phenoxy) is 1. The molecule has 0 radical (unpaired) electrons. The van der Waals surface area contributed by atoms with E-state index in [1.165, 1.54) is 7.11 Å². The Bertz CT molecular complexity index is 866. The molecular formula is C19H25N5O3. The number of hydrogen-bond acceptors (Lipinski definition) is 5. The third kappa shape index (κ3) is 2.98. The van der Waals surface area contributed by atoms with Crippen molar-refractivity contribution in [3.8, 4) is 0 Å². The highest BCUT2D eigenvalue weighted by atomic mass is 16.5. The fourth-order valence-electron chi connectivity index (χ4n) is 4.42. The molecule has 2 fully saturated rings. The van der Waals surface area contributed by atoms with Crippen LogP contribution in [0.3, 0.4) is 0 Å². The zero-order valence-corrected chi connectivity index (χ0v) is 15.7. The average molecular weight is 371 g/mol. The van der Waals surface area contributed by atoms with Gasteiger partial charge in [-0.05, 0) is 12.1 Å². The fourth-order valence-corrected chi connectivity index (χ4v) is 4.42. The smallest absolute Gasteiger partial charge is 0.248 e. The lowest BCUT2D eigenvalue weighted by molar-refractivity contribution is -0.142. The Hall–Kier alpha value is -2.45. The SMILES string of the molecule is COCC(=O)N1C[C@@H]2CNC[C@]2(C(=O)N(C)Cc2cnc3ccccn23)C1. The number of fused-ring (bicyclic) bond motifs is 2. The fraction of sp³-hybridized carbons (Fsp3) is 0.526. The van der Waals surface area contributed by atoms with Gasteiger partial charge in [0.15, 0.2) is 0 Å². The van der Waals surface area contributed by atoms with Crippen LogP contribution in [-0.2, 0) is 20.9 Å². The van der Waals surface area contributed by atoms with Crippen LogP contribution in [0.1, 0.15) is 5.69 Å². The summed E-state index contributed by atoms with van der Waals surface area (Å²) >= 11 is 0. The van der Waals surface area contributed by atoms with Crippen molar-refractivity contribution in [2.24, 2.45) is 11.3 Å². The molecule has 4 heterocycles. The molecular weight excluding hydrogens is 346 g/mol. The summed E-state index contributed by atoms with van der Waals surface area (Å²) in [5.41, 5.74) is 1.27. The van der Waals surface area contributed by atoms with Gasteiger partial charge in [0.05, 0.1) is 23.9 Å². The quantitative estimate of drug-likeness (QED) is 0.800. The second-order valence-corrected chi connectivity index (χ2v) is 7.53. The standard InChI is InChI=1S/C19H25N5O3/c1-22(10-15-8-21-16-5-3-4-6-24(15)16)18(26)19-12-20-7-14(19)9-23(13-19)17(25)11-27-2/h3-6,8,14,20H,7,9-13H2,1-2H3/t14-,19-/m0/s1. The molecule has 2 aromatic heterocycles. The summed E-state index contributed by atoms with van der Waals surface area (Å²) in [6, 6.07) is 5.84. The summed E-state index contributed by atoms with van der Waals surface area (Å²) in [5, 5.41) is 3.35. The molecule has 2 aliphatic rings. The van der Waals surface area contributed by atoms with Gasteiger partial charge in [-0.15, -0.1) is 0 Å². The van der Waals surface area contributed by atoms with Crippen LogP contribution in [0.2, 0.25) is 0 Å². The molecule has 0 aliphatic carbocycles. The molecule has 8 heteroatoms. The van der Waals surface area contributed by atoms with Gasteiger partial charge in [-0.1, -0.05) is 6.07 Å². The number of carbonyl (C=O) groups excluding carboxylic acids is 2. The van der Waals surface area contributed by atoms with Crippen molar-refractivity contribution in [2.45, 2.75) is 6.54 Å². The molecule has 0 spiro atoms. The zero-order chi connectivity index (χ0) is 19.0. The van der Waals surface area contributed by atoms with Crippen LogP contribution >= 0.6 is 0 Å². The van der Waals surface area contributed by atoms with E-state index in [1.807, 2.05) is 42.0 Å². The predicted molar refractivity (Wildman–Crippen MR) is 98.9 cm³/mol. The lowest BCUT2D eigenvalue weighted by atomic mass is 9.79. The molecule has 144 valence electrons. The minimum absolute atomic E-state index is 0.0523. The minimum atomic E-state index is -0.557. The first-order valence-electron chi connectivity index (χ1n) is 9.19. The molecule has 0 aromatic carbocycles. The molecule has 2 atom stereocenters. The number of aromatic nitrogens is 2. The lowest BCUT2D eigenvalue weighted by Gasteiger charge is -2.31. The van der Waals surface area contributed by atoms with Gasteiger partial charge < -0.3 is 24.3 Å². The van der Waals surface area contributed by atoms with Crippen molar-refractivity contribution in [3.63, 3.8) is 0 Å². The Balaban J connectivity index is 1.53. The van der Waals surface area contributed by atoms with E-state index < -0.39 is 5.41 Å². The molecule has 8 nitrogen and oxygen atoms in total. The van der Waals surface area contributed by atoms with E-state index in [9.17, 15) is 9.59 Å². The van der Waals surface area contributed by atoms with Gasteiger partial charge in [0.25, 0.3) is 0 Å². The maximum absolute atomic E-state index is 13.4. The van der Waals surface area contributed by atoms with E-state index in [1.54, 1.807) is 9.80 Å². The molecule has 0 bridgehead atoms.